The van der Waals surface area contributed by atoms with E-state index in [4.69, 9.17) is 0 Å². The van der Waals surface area contributed by atoms with Gasteiger partial charge in [0.1, 0.15) is 0 Å². The van der Waals surface area contributed by atoms with Crippen molar-refractivity contribution in [3.8, 4) is 0 Å². The molecule has 0 aliphatic carbocycles. The Hall–Kier alpha value is -0.120. The van der Waals surface area contributed by atoms with E-state index in [1.54, 1.807) is 0 Å². The van der Waals surface area contributed by atoms with Crippen LogP contribution in [-0.2, 0) is 6.42 Å². The lowest BCUT2D eigenvalue weighted by atomic mass is 10.1. The minimum atomic E-state index is 0.381. The summed E-state index contributed by atoms with van der Waals surface area (Å²) in [5.41, 5.74) is 1.47. The Morgan fingerprint density at radius 3 is 2.73 bits per heavy atom. The van der Waals surface area contributed by atoms with E-state index in [1.165, 1.54) is 20.2 Å². The number of hydrogen-bond acceptors (Lipinski definition) is 2. The van der Waals surface area contributed by atoms with Gasteiger partial charge in [0.2, 0.25) is 0 Å². The number of aryl methyl sites for hydroxylation is 2. The van der Waals surface area contributed by atoms with E-state index in [0.29, 0.717) is 4.83 Å². The Morgan fingerprint density at radius 2 is 2.13 bits per heavy atom. The number of rotatable bonds is 3. The summed E-state index contributed by atoms with van der Waals surface area (Å²) in [6.07, 6.45) is 1.12. The summed E-state index contributed by atoms with van der Waals surface area (Å²) in [6.45, 7) is 4.37. The van der Waals surface area contributed by atoms with Crippen molar-refractivity contribution in [2.75, 3.05) is 0 Å². The molecule has 0 fully saturated rings. The van der Waals surface area contributed by atoms with Gasteiger partial charge in [-0.2, -0.15) is 0 Å². The first-order valence-electron chi connectivity index (χ1n) is 4.99. The highest BCUT2D eigenvalue weighted by Gasteiger charge is 2.16. The van der Waals surface area contributed by atoms with Gasteiger partial charge in [-0.05, 0) is 42.5 Å². The molecule has 0 aliphatic heterocycles. The molecule has 3 heteroatoms. The third-order valence-corrected chi connectivity index (χ3v) is 6.05. The molecule has 0 N–H and O–H groups in total. The number of hydrogen-bond donors (Lipinski definition) is 0. The van der Waals surface area contributed by atoms with Gasteiger partial charge in [-0.1, -0.05) is 22.9 Å². The van der Waals surface area contributed by atoms with Crippen LogP contribution in [0.2, 0.25) is 0 Å². The second-order valence-electron chi connectivity index (χ2n) is 3.47. The molecule has 2 aromatic heterocycles. The first-order chi connectivity index (χ1) is 7.22. The SMILES string of the molecule is CCc1ccsc1C(Br)c1ccc(C)s1. The molecule has 2 heterocycles. The molecule has 0 spiro atoms. The molecule has 0 nitrogen and oxygen atoms in total. The molecule has 0 aliphatic rings. The molecule has 0 aromatic carbocycles. The zero-order valence-electron chi connectivity index (χ0n) is 8.79. The van der Waals surface area contributed by atoms with Crippen LogP contribution in [0.5, 0.6) is 0 Å². The van der Waals surface area contributed by atoms with E-state index in [9.17, 15) is 0 Å². The first kappa shape index (κ1) is 11.4. The summed E-state index contributed by atoms with van der Waals surface area (Å²) in [5, 5.41) is 2.18. The minimum Gasteiger partial charge on any atom is -0.147 e. The fourth-order valence-corrected chi connectivity index (χ4v) is 4.56. The van der Waals surface area contributed by atoms with Crippen molar-refractivity contribution in [1.29, 1.82) is 0 Å². The molecular weight excluding hydrogens is 288 g/mol. The predicted molar refractivity (Wildman–Crippen MR) is 73.5 cm³/mol. The zero-order valence-corrected chi connectivity index (χ0v) is 12.0. The maximum Gasteiger partial charge on any atom is 0.0833 e. The van der Waals surface area contributed by atoms with Crippen LogP contribution in [0.1, 0.15) is 31.9 Å². The normalized spacial score (nSPS) is 13.0. The zero-order chi connectivity index (χ0) is 10.8. The van der Waals surface area contributed by atoms with Crippen LogP contribution in [0, 0.1) is 6.92 Å². The van der Waals surface area contributed by atoms with Gasteiger partial charge in [-0.25, -0.2) is 0 Å². The van der Waals surface area contributed by atoms with E-state index < -0.39 is 0 Å². The lowest BCUT2D eigenvalue weighted by Crippen LogP contribution is -1.90. The Kier molecular flexibility index (Phi) is 3.65. The van der Waals surface area contributed by atoms with Gasteiger partial charge in [0.15, 0.2) is 0 Å². The van der Waals surface area contributed by atoms with E-state index >= 15 is 0 Å². The quantitative estimate of drug-likeness (QED) is 0.687. The molecular formula is C12H13BrS2. The number of halogens is 1. The van der Waals surface area contributed by atoms with Gasteiger partial charge in [0.25, 0.3) is 0 Å². The summed E-state index contributed by atoms with van der Waals surface area (Å²) in [7, 11) is 0. The van der Waals surface area contributed by atoms with E-state index in [1.807, 2.05) is 22.7 Å². The second-order valence-corrected chi connectivity index (χ2v) is 6.66. The van der Waals surface area contributed by atoms with Crippen molar-refractivity contribution in [2.24, 2.45) is 0 Å². The van der Waals surface area contributed by atoms with Gasteiger partial charge >= 0.3 is 0 Å². The van der Waals surface area contributed by atoms with Gasteiger partial charge in [0, 0.05) is 14.6 Å². The highest BCUT2D eigenvalue weighted by atomic mass is 79.9. The van der Waals surface area contributed by atoms with Crippen molar-refractivity contribution >= 4 is 38.6 Å². The van der Waals surface area contributed by atoms with Crippen molar-refractivity contribution in [2.45, 2.75) is 25.1 Å². The Morgan fingerprint density at radius 1 is 1.33 bits per heavy atom. The predicted octanol–water partition coefficient (Wildman–Crippen LogP) is 5.16. The van der Waals surface area contributed by atoms with Crippen LogP contribution < -0.4 is 0 Å². The highest BCUT2D eigenvalue weighted by molar-refractivity contribution is 9.09. The third-order valence-electron chi connectivity index (χ3n) is 2.40. The third kappa shape index (κ3) is 2.35. The van der Waals surface area contributed by atoms with Crippen LogP contribution in [0.3, 0.4) is 0 Å². The van der Waals surface area contributed by atoms with Crippen LogP contribution in [-0.4, -0.2) is 0 Å². The molecule has 1 unspecified atom stereocenters. The van der Waals surface area contributed by atoms with E-state index in [-0.39, 0.29) is 0 Å². The average Bonchev–Trinajstić information content (AvgIpc) is 2.84. The van der Waals surface area contributed by atoms with Crippen LogP contribution >= 0.6 is 38.6 Å². The Balaban J connectivity index is 2.31. The van der Waals surface area contributed by atoms with Crippen molar-refractivity contribution in [3.63, 3.8) is 0 Å². The first-order valence-corrected chi connectivity index (χ1v) is 7.60. The van der Waals surface area contributed by atoms with Gasteiger partial charge in [-0.15, -0.1) is 22.7 Å². The number of alkyl halides is 1. The Labute approximate surface area is 107 Å². The fourth-order valence-electron chi connectivity index (χ4n) is 1.58. The molecule has 80 valence electrons. The topological polar surface area (TPSA) is 0 Å². The van der Waals surface area contributed by atoms with Crippen molar-refractivity contribution in [1.82, 2.24) is 0 Å². The van der Waals surface area contributed by atoms with Gasteiger partial charge in [0.05, 0.1) is 4.83 Å². The molecule has 0 saturated carbocycles. The van der Waals surface area contributed by atoms with Crippen LogP contribution in [0.25, 0.3) is 0 Å². The second kappa shape index (κ2) is 4.81. The largest absolute Gasteiger partial charge is 0.147 e. The smallest absolute Gasteiger partial charge is 0.0833 e. The molecule has 1 atom stereocenters. The molecule has 0 bridgehead atoms. The van der Waals surface area contributed by atoms with E-state index in [0.717, 1.165) is 6.42 Å². The maximum atomic E-state index is 3.80. The standard InChI is InChI=1S/C12H13BrS2/c1-3-9-6-7-14-12(9)11(13)10-5-4-8(2)15-10/h4-7,11H,3H2,1-2H3. The van der Waals surface area contributed by atoms with Crippen molar-refractivity contribution in [3.05, 3.63) is 43.8 Å². The van der Waals surface area contributed by atoms with Crippen LogP contribution in [0.4, 0.5) is 0 Å². The summed E-state index contributed by atoms with van der Waals surface area (Å²) in [5.74, 6) is 0. The number of thiophene rings is 2. The monoisotopic (exact) mass is 300 g/mol. The average molecular weight is 301 g/mol. The summed E-state index contributed by atoms with van der Waals surface area (Å²) in [4.78, 5) is 4.62. The molecule has 2 aromatic rings. The Bertz CT molecular complexity index is 442. The van der Waals surface area contributed by atoms with Gasteiger partial charge in [-0.3, -0.25) is 0 Å². The summed E-state index contributed by atoms with van der Waals surface area (Å²) < 4.78 is 0. The fraction of sp³-hybridized carbons (Fsp3) is 0.333. The molecule has 0 amide bonds. The molecule has 0 saturated heterocycles. The summed E-state index contributed by atoms with van der Waals surface area (Å²) in [6, 6.07) is 6.64. The maximum absolute atomic E-state index is 3.80. The molecule has 0 radical (unpaired) electrons. The van der Waals surface area contributed by atoms with E-state index in [2.05, 4.69) is 53.4 Å². The van der Waals surface area contributed by atoms with Gasteiger partial charge < -0.3 is 0 Å². The molecule has 2 rings (SSSR count). The van der Waals surface area contributed by atoms with Crippen LogP contribution in [0.15, 0.2) is 23.6 Å². The minimum absolute atomic E-state index is 0.381. The highest BCUT2D eigenvalue weighted by Crippen LogP contribution is 2.39. The lowest BCUT2D eigenvalue weighted by molar-refractivity contribution is 1.10. The molecule has 15 heavy (non-hydrogen) atoms. The van der Waals surface area contributed by atoms with Crippen molar-refractivity contribution < 1.29 is 0 Å². The summed E-state index contributed by atoms with van der Waals surface area (Å²) >= 11 is 7.52. The lowest BCUT2D eigenvalue weighted by Gasteiger charge is -2.07.